The fourth-order valence-electron chi connectivity index (χ4n) is 3.40. The summed E-state index contributed by atoms with van der Waals surface area (Å²) in [6.07, 6.45) is 9.96. The molecule has 0 amide bonds. The molecule has 1 N–H and O–H groups in total. The van der Waals surface area contributed by atoms with E-state index in [0.717, 1.165) is 11.2 Å². The highest BCUT2D eigenvalue weighted by Gasteiger charge is 2.21. The van der Waals surface area contributed by atoms with Crippen LogP contribution in [0.3, 0.4) is 0 Å². The van der Waals surface area contributed by atoms with Gasteiger partial charge in [0.05, 0.1) is 0 Å². The van der Waals surface area contributed by atoms with Gasteiger partial charge in [0.2, 0.25) is 0 Å². The monoisotopic (exact) mass is 289 g/mol. The van der Waals surface area contributed by atoms with Gasteiger partial charge in [-0.25, -0.2) is 0 Å². The third-order valence-corrected chi connectivity index (χ3v) is 6.51. The summed E-state index contributed by atoms with van der Waals surface area (Å²) >= 11 is 2.18. The Labute approximate surface area is 127 Å². The van der Waals surface area contributed by atoms with Crippen LogP contribution in [0.2, 0.25) is 0 Å². The molecule has 2 aliphatic carbocycles. The zero-order chi connectivity index (χ0) is 13.8. The Bertz CT molecular complexity index is 421. The second kappa shape index (κ2) is 7.00. The first-order valence-corrected chi connectivity index (χ1v) is 9.30. The van der Waals surface area contributed by atoms with E-state index in [1.54, 1.807) is 5.56 Å². The first kappa shape index (κ1) is 14.5. The number of rotatable bonds is 6. The number of hydrogen-bond donors (Lipinski definition) is 1. The van der Waals surface area contributed by atoms with Crippen molar-refractivity contribution in [3.05, 3.63) is 35.4 Å². The minimum absolute atomic E-state index is 0.514. The average molecular weight is 289 g/mol. The van der Waals surface area contributed by atoms with Crippen molar-refractivity contribution in [3.63, 3.8) is 0 Å². The van der Waals surface area contributed by atoms with Crippen LogP contribution in [0.15, 0.2) is 24.3 Å². The van der Waals surface area contributed by atoms with Crippen LogP contribution in [0, 0.1) is 0 Å². The molecular formula is C18H27NS. The van der Waals surface area contributed by atoms with Crippen molar-refractivity contribution in [1.82, 2.24) is 5.32 Å². The summed E-state index contributed by atoms with van der Waals surface area (Å²) in [5.41, 5.74) is 3.06. The zero-order valence-electron chi connectivity index (χ0n) is 12.6. The molecule has 110 valence electrons. The summed E-state index contributed by atoms with van der Waals surface area (Å²) in [6, 6.07) is 9.86. The molecule has 2 saturated carbocycles. The van der Waals surface area contributed by atoms with Gasteiger partial charge in [-0.1, -0.05) is 43.5 Å². The van der Waals surface area contributed by atoms with E-state index in [9.17, 15) is 0 Å². The molecule has 2 fully saturated rings. The second-order valence-electron chi connectivity index (χ2n) is 6.38. The van der Waals surface area contributed by atoms with Crippen LogP contribution in [0.25, 0.3) is 0 Å². The molecule has 1 aromatic carbocycles. The minimum atomic E-state index is 0.514. The molecule has 0 spiro atoms. The van der Waals surface area contributed by atoms with Crippen molar-refractivity contribution in [2.24, 2.45) is 0 Å². The maximum absolute atomic E-state index is 3.52. The van der Waals surface area contributed by atoms with Gasteiger partial charge in [0, 0.05) is 17.0 Å². The van der Waals surface area contributed by atoms with Gasteiger partial charge in [-0.2, -0.15) is 11.8 Å². The molecule has 2 aliphatic rings. The molecule has 1 nitrogen and oxygen atoms in total. The summed E-state index contributed by atoms with van der Waals surface area (Å²) < 4.78 is 0. The highest BCUT2D eigenvalue weighted by atomic mass is 32.2. The van der Waals surface area contributed by atoms with Crippen LogP contribution < -0.4 is 5.32 Å². The highest BCUT2D eigenvalue weighted by Crippen LogP contribution is 2.37. The molecule has 1 aromatic rings. The number of thioether (sulfide) groups is 1. The van der Waals surface area contributed by atoms with Crippen LogP contribution in [0.1, 0.15) is 68.0 Å². The maximum atomic E-state index is 3.52. The van der Waals surface area contributed by atoms with Gasteiger partial charge in [-0.15, -0.1) is 0 Å². The highest BCUT2D eigenvalue weighted by molar-refractivity contribution is 7.99. The predicted molar refractivity (Wildman–Crippen MR) is 89.5 cm³/mol. The molecule has 0 bridgehead atoms. The predicted octanol–water partition coefficient (Wildman–Crippen LogP) is 4.89. The Morgan fingerprint density at radius 2 is 1.95 bits per heavy atom. The van der Waals surface area contributed by atoms with Crippen molar-refractivity contribution < 1.29 is 0 Å². The molecule has 0 aromatic heterocycles. The van der Waals surface area contributed by atoms with E-state index >= 15 is 0 Å². The van der Waals surface area contributed by atoms with Gasteiger partial charge in [-0.05, 0) is 49.8 Å². The van der Waals surface area contributed by atoms with Gasteiger partial charge < -0.3 is 5.32 Å². The van der Waals surface area contributed by atoms with E-state index in [1.807, 2.05) is 0 Å². The standard InChI is InChI=1S/C18H27NS/c1-19-18(13-20-17-10-2-3-11-17)16-9-5-8-15(12-16)14-6-4-7-14/h5,8-9,12,14,17-19H,2-4,6-7,10-11,13H2,1H3. The van der Waals surface area contributed by atoms with E-state index in [1.165, 1.54) is 56.3 Å². The molecular weight excluding hydrogens is 262 g/mol. The fourth-order valence-corrected chi connectivity index (χ4v) is 4.90. The number of benzene rings is 1. The van der Waals surface area contributed by atoms with Gasteiger partial charge in [0.15, 0.2) is 0 Å². The minimum Gasteiger partial charge on any atom is -0.312 e. The second-order valence-corrected chi connectivity index (χ2v) is 7.71. The SMILES string of the molecule is CNC(CSC1CCCC1)c1cccc(C2CCC2)c1. The van der Waals surface area contributed by atoms with Crippen molar-refractivity contribution >= 4 is 11.8 Å². The molecule has 2 heteroatoms. The van der Waals surface area contributed by atoms with E-state index in [-0.39, 0.29) is 0 Å². The summed E-state index contributed by atoms with van der Waals surface area (Å²) in [7, 11) is 2.11. The Hall–Kier alpha value is -0.470. The Kier molecular flexibility index (Phi) is 5.06. The Balaban J connectivity index is 1.61. The van der Waals surface area contributed by atoms with Crippen molar-refractivity contribution in [3.8, 4) is 0 Å². The number of hydrogen-bond acceptors (Lipinski definition) is 2. The Morgan fingerprint density at radius 3 is 2.60 bits per heavy atom. The summed E-state index contributed by atoms with van der Waals surface area (Å²) in [5.74, 6) is 2.06. The average Bonchev–Trinajstić information content (AvgIpc) is 2.91. The molecule has 3 rings (SSSR count). The normalized spacial score (nSPS) is 21.9. The molecule has 20 heavy (non-hydrogen) atoms. The summed E-state index contributed by atoms with van der Waals surface area (Å²) in [6.45, 7) is 0. The van der Waals surface area contributed by atoms with Crippen LogP contribution in [-0.4, -0.2) is 18.1 Å². The van der Waals surface area contributed by atoms with E-state index in [0.29, 0.717) is 6.04 Å². The first-order valence-electron chi connectivity index (χ1n) is 8.25. The van der Waals surface area contributed by atoms with Crippen molar-refractivity contribution in [2.45, 2.75) is 62.2 Å². The fraction of sp³-hybridized carbons (Fsp3) is 0.667. The summed E-state index contributed by atoms with van der Waals surface area (Å²) in [4.78, 5) is 0. The molecule has 0 heterocycles. The molecule has 0 aliphatic heterocycles. The van der Waals surface area contributed by atoms with Crippen LogP contribution in [0.4, 0.5) is 0 Å². The zero-order valence-corrected chi connectivity index (χ0v) is 13.4. The van der Waals surface area contributed by atoms with E-state index < -0.39 is 0 Å². The third-order valence-electron chi connectivity index (χ3n) is 5.04. The summed E-state index contributed by atoms with van der Waals surface area (Å²) in [5, 5.41) is 4.44. The van der Waals surface area contributed by atoms with Crippen LogP contribution in [-0.2, 0) is 0 Å². The van der Waals surface area contributed by atoms with Crippen LogP contribution in [0.5, 0.6) is 0 Å². The third kappa shape index (κ3) is 3.40. The lowest BCUT2D eigenvalue weighted by Gasteiger charge is -2.27. The number of nitrogens with one attached hydrogen (secondary N) is 1. The first-order chi connectivity index (χ1) is 9.86. The molecule has 0 saturated heterocycles. The van der Waals surface area contributed by atoms with Gasteiger partial charge >= 0.3 is 0 Å². The lowest BCUT2D eigenvalue weighted by Crippen LogP contribution is -2.20. The Morgan fingerprint density at radius 1 is 1.15 bits per heavy atom. The van der Waals surface area contributed by atoms with E-state index in [4.69, 9.17) is 0 Å². The lowest BCUT2D eigenvalue weighted by atomic mass is 9.79. The van der Waals surface area contributed by atoms with Gasteiger partial charge in [-0.3, -0.25) is 0 Å². The van der Waals surface area contributed by atoms with Crippen molar-refractivity contribution in [2.75, 3.05) is 12.8 Å². The maximum Gasteiger partial charge on any atom is 0.0409 e. The van der Waals surface area contributed by atoms with Gasteiger partial charge in [0.1, 0.15) is 0 Å². The quantitative estimate of drug-likeness (QED) is 0.800. The topological polar surface area (TPSA) is 12.0 Å². The smallest absolute Gasteiger partial charge is 0.0409 e. The molecule has 0 radical (unpaired) electrons. The lowest BCUT2D eigenvalue weighted by molar-refractivity contribution is 0.419. The largest absolute Gasteiger partial charge is 0.312 e. The van der Waals surface area contributed by atoms with E-state index in [2.05, 4.69) is 48.4 Å². The van der Waals surface area contributed by atoms with Gasteiger partial charge in [0.25, 0.3) is 0 Å². The molecule has 1 atom stereocenters. The van der Waals surface area contributed by atoms with Crippen molar-refractivity contribution in [1.29, 1.82) is 0 Å². The van der Waals surface area contributed by atoms with Crippen LogP contribution >= 0.6 is 11.8 Å². The molecule has 1 unspecified atom stereocenters.